The fraction of sp³-hybridized carbons (Fsp3) is 0.233. The number of fused-ring (bicyclic) bond motifs is 19. The van der Waals surface area contributed by atoms with Crippen molar-refractivity contribution in [3.8, 4) is 55.6 Å². The Kier molecular flexibility index (Phi) is 8.58. The molecule has 0 N–H and O–H groups in total. The average molecular weight is 971 g/mol. The lowest BCUT2D eigenvalue weighted by molar-refractivity contribution is 0.572. The minimum absolute atomic E-state index is 0.0514. The van der Waals surface area contributed by atoms with Gasteiger partial charge in [-0.3, -0.25) is 0 Å². The third-order valence-electron chi connectivity index (χ3n) is 18.5. The number of rotatable bonds is 2. The van der Waals surface area contributed by atoms with Gasteiger partial charge in [0.15, 0.2) is 0 Å². The maximum atomic E-state index is 6.80. The van der Waals surface area contributed by atoms with Crippen LogP contribution in [0.5, 0.6) is 0 Å². The van der Waals surface area contributed by atoms with Gasteiger partial charge in [0.05, 0.1) is 0 Å². The molecule has 0 spiro atoms. The fourth-order valence-corrected chi connectivity index (χ4v) is 14.7. The molecule has 0 aliphatic heterocycles. The second kappa shape index (κ2) is 14.4. The number of para-hydroxylation sites is 2. The van der Waals surface area contributed by atoms with E-state index in [2.05, 4.69) is 241 Å². The van der Waals surface area contributed by atoms with Gasteiger partial charge in [0.2, 0.25) is 0 Å². The number of furan rings is 2. The quantitative estimate of drug-likeness (QED) is 0.173. The summed E-state index contributed by atoms with van der Waals surface area (Å²) in [5.41, 5.74) is 27.1. The molecular formula is C73H62O2. The van der Waals surface area contributed by atoms with Crippen LogP contribution in [0.2, 0.25) is 0 Å². The van der Waals surface area contributed by atoms with Gasteiger partial charge in [-0.2, -0.15) is 0 Å². The van der Waals surface area contributed by atoms with Crippen LogP contribution in [0.25, 0.3) is 121 Å². The van der Waals surface area contributed by atoms with E-state index in [1.807, 2.05) is 0 Å². The minimum Gasteiger partial charge on any atom is -0.456 e. The topological polar surface area (TPSA) is 26.3 Å². The lowest BCUT2D eigenvalue weighted by atomic mass is 9.78. The van der Waals surface area contributed by atoms with Crippen molar-refractivity contribution in [2.24, 2.45) is 0 Å². The Balaban J connectivity index is 0.900. The first-order valence-corrected chi connectivity index (χ1v) is 27.2. The molecule has 2 nitrogen and oxygen atoms in total. The second-order valence-corrected chi connectivity index (χ2v) is 26.0. The lowest BCUT2D eigenvalue weighted by Gasteiger charge is -2.25. The molecular weight excluding hydrogens is 909 g/mol. The summed E-state index contributed by atoms with van der Waals surface area (Å²) in [5, 5.41) is 9.90. The van der Waals surface area contributed by atoms with Crippen LogP contribution < -0.4 is 0 Å². The summed E-state index contributed by atoms with van der Waals surface area (Å²) in [6.07, 6.45) is 0. The van der Waals surface area contributed by atoms with Crippen molar-refractivity contribution in [1.29, 1.82) is 0 Å². The maximum absolute atomic E-state index is 6.80. The molecule has 15 rings (SSSR count). The molecule has 0 saturated carbocycles. The minimum atomic E-state index is -0.254. The molecule has 366 valence electrons. The predicted molar refractivity (Wildman–Crippen MR) is 317 cm³/mol. The molecule has 3 aliphatic rings. The first-order valence-electron chi connectivity index (χ1n) is 27.2. The molecule has 10 aromatic carbocycles. The highest BCUT2D eigenvalue weighted by Gasteiger charge is 2.46. The largest absolute Gasteiger partial charge is 0.456 e. The number of benzene rings is 10. The summed E-state index contributed by atoms with van der Waals surface area (Å²) < 4.78 is 13.6. The molecule has 2 heterocycles. The molecule has 0 atom stereocenters. The molecule has 0 bridgehead atoms. The lowest BCUT2D eigenvalue weighted by Crippen LogP contribution is -2.17. The molecule has 0 fully saturated rings. The Labute approximate surface area is 440 Å². The Bertz CT molecular complexity index is 4270. The van der Waals surface area contributed by atoms with E-state index in [4.69, 9.17) is 8.83 Å². The third kappa shape index (κ3) is 5.76. The molecule has 0 unspecified atom stereocenters. The molecule has 2 heteroatoms. The molecule has 2 aromatic heterocycles. The van der Waals surface area contributed by atoms with Crippen LogP contribution in [0.1, 0.15) is 128 Å². The fourth-order valence-electron chi connectivity index (χ4n) is 14.7. The smallest absolute Gasteiger partial charge is 0.139 e. The summed E-state index contributed by atoms with van der Waals surface area (Å²) in [6, 6.07) is 60.3. The van der Waals surface area contributed by atoms with E-state index in [-0.39, 0.29) is 27.1 Å². The average Bonchev–Trinajstić information content (AvgIpc) is 4.35. The van der Waals surface area contributed by atoms with Crippen LogP contribution in [0.15, 0.2) is 167 Å². The van der Waals surface area contributed by atoms with Gasteiger partial charge in [-0.25, -0.2) is 0 Å². The highest BCUT2D eigenvalue weighted by molar-refractivity contribution is 6.20. The number of hydrogen-bond acceptors (Lipinski definition) is 2. The van der Waals surface area contributed by atoms with Gasteiger partial charge in [0, 0.05) is 48.9 Å². The summed E-state index contributed by atoms with van der Waals surface area (Å²) >= 11 is 0. The van der Waals surface area contributed by atoms with E-state index in [1.165, 1.54) is 143 Å². The first kappa shape index (κ1) is 44.8. The van der Waals surface area contributed by atoms with E-state index in [0.29, 0.717) is 0 Å². The van der Waals surface area contributed by atoms with Crippen LogP contribution >= 0.6 is 0 Å². The molecule has 0 amide bonds. The van der Waals surface area contributed by atoms with E-state index in [0.717, 1.165) is 22.3 Å². The van der Waals surface area contributed by atoms with E-state index < -0.39 is 0 Å². The highest BCUT2D eigenvalue weighted by Crippen LogP contribution is 2.62. The van der Waals surface area contributed by atoms with Crippen molar-refractivity contribution in [2.45, 2.75) is 110 Å². The molecule has 3 aliphatic carbocycles. The normalized spacial score (nSPS) is 15.8. The Hall–Kier alpha value is -7.68. The standard InChI is InChI=1S/C73H62O2/c1-69(2,3)53-29-17-27-45-65-43(25-19-31-61(65)74-67(45)53)47-33-59-63(41-23-15-13-21-39(41)47)51-37-55-49(35-57(51)72(59,9)10)50-36-58-52(38-56(50)71(55,7)8)64-42-24-16-14-22-40(42)48(34-60(64)73(58,11)12)44-26-20-32-62-66(44)46-28-18-30-54(68(46)75-62)70(4,5)6/h13-38H,1-12H3. The van der Waals surface area contributed by atoms with Gasteiger partial charge < -0.3 is 8.83 Å². The van der Waals surface area contributed by atoms with Crippen LogP contribution in [0.4, 0.5) is 0 Å². The molecule has 75 heavy (non-hydrogen) atoms. The number of hydrogen-bond donors (Lipinski definition) is 0. The third-order valence-corrected chi connectivity index (χ3v) is 18.5. The molecule has 0 radical (unpaired) electrons. The first-order chi connectivity index (χ1) is 35.7. The zero-order valence-electron chi connectivity index (χ0n) is 45.3. The summed E-state index contributed by atoms with van der Waals surface area (Å²) in [4.78, 5) is 0. The van der Waals surface area contributed by atoms with Crippen molar-refractivity contribution in [1.82, 2.24) is 0 Å². The monoisotopic (exact) mass is 970 g/mol. The van der Waals surface area contributed by atoms with Crippen LogP contribution in [0.3, 0.4) is 0 Å². The zero-order chi connectivity index (χ0) is 51.6. The van der Waals surface area contributed by atoms with E-state index in [9.17, 15) is 0 Å². The van der Waals surface area contributed by atoms with Crippen molar-refractivity contribution in [2.75, 3.05) is 0 Å². The SMILES string of the molecule is CC(C)(C)c1cccc2c1oc1cccc(-c3cc4c(c5ccccc35)-c3cc5c(cc3C4(C)C)-c3cc4c(cc3C5(C)C)-c3c(cc(-c5cccc6oc7c(C(C)(C)C)cccc7c56)c5ccccc35)C4(C)C)c12. The summed E-state index contributed by atoms with van der Waals surface area (Å²) in [5.74, 6) is 0. The zero-order valence-corrected chi connectivity index (χ0v) is 45.3. The highest BCUT2D eigenvalue weighted by atomic mass is 16.3. The summed E-state index contributed by atoms with van der Waals surface area (Å²) in [7, 11) is 0. The predicted octanol–water partition coefficient (Wildman–Crippen LogP) is 20.6. The van der Waals surface area contributed by atoms with Crippen molar-refractivity contribution >= 4 is 65.4 Å². The molecule has 12 aromatic rings. The van der Waals surface area contributed by atoms with Gasteiger partial charge in [0.25, 0.3) is 0 Å². The van der Waals surface area contributed by atoms with Gasteiger partial charge in [-0.1, -0.05) is 192 Å². The van der Waals surface area contributed by atoms with Crippen molar-refractivity contribution in [3.05, 3.63) is 202 Å². The Morgan fingerprint density at radius 3 is 1.01 bits per heavy atom. The van der Waals surface area contributed by atoms with E-state index >= 15 is 0 Å². The summed E-state index contributed by atoms with van der Waals surface area (Å²) in [6.45, 7) is 28.4. The van der Waals surface area contributed by atoms with Gasteiger partial charge >= 0.3 is 0 Å². The Morgan fingerprint density at radius 2 is 0.613 bits per heavy atom. The van der Waals surface area contributed by atoms with Crippen molar-refractivity contribution in [3.63, 3.8) is 0 Å². The van der Waals surface area contributed by atoms with Crippen LogP contribution in [0, 0.1) is 0 Å². The Morgan fingerprint density at radius 1 is 0.293 bits per heavy atom. The molecule has 0 saturated heterocycles. The van der Waals surface area contributed by atoms with Gasteiger partial charge in [-0.15, -0.1) is 0 Å². The van der Waals surface area contributed by atoms with E-state index in [1.54, 1.807) is 0 Å². The van der Waals surface area contributed by atoms with Gasteiger partial charge in [0.1, 0.15) is 22.3 Å². The van der Waals surface area contributed by atoms with Gasteiger partial charge in [-0.05, 0) is 170 Å². The second-order valence-electron chi connectivity index (χ2n) is 26.0. The van der Waals surface area contributed by atoms with Crippen LogP contribution in [-0.2, 0) is 27.1 Å². The van der Waals surface area contributed by atoms with Crippen LogP contribution in [-0.4, -0.2) is 0 Å². The van der Waals surface area contributed by atoms with Crippen molar-refractivity contribution < 1.29 is 8.83 Å². The maximum Gasteiger partial charge on any atom is 0.139 e.